The number of aromatic nitrogens is 1. The zero-order valence-corrected chi connectivity index (χ0v) is 11.8. The van der Waals surface area contributed by atoms with Gasteiger partial charge in [-0.05, 0) is 55.8 Å². The molecule has 0 spiro atoms. The van der Waals surface area contributed by atoms with Gasteiger partial charge >= 0.3 is 0 Å². The monoisotopic (exact) mass is 286 g/mol. The van der Waals surface area contributed by atoms with Gasteiger partial charge in [-0.2, -0.15) is 0 Å². The summed E-state index contributed by atoms with van der Waals surface area (Å²) in [4.78, 5) is 4.33. The van der Waals surface area contributed by atoms with Crippen LogP contribution >= 0.6 is 15.9 Å². The standard InChI is InChI=1S/C12H19BrN2O/c1-11(2,12(3,4)16)14-8-9-6-5-7-10(13)15-9/h5-7,14,16H,8H2,1-4H3. The fourth-order valence-electron chi connectivity index (χ4n) is 1.08. The Hall–Kier alpha value is -0.450. The van der Waals surface area contributed by atoms with Gasteiger partial charge in [0.2, 0.25) is 0 Å². The molecule has 1 rings (SSSR count). The first-order valence-corrected chi connectivity index (χ1v) is 6.10. The largest absolute Gasteiger partial charge is 0.389 e. The lowest BCUT2D eigenvalue weighted by atomic mass is 9.86. The Morgan fingerprint density at radius 2 is 1.94 bits per heavy atom. The maximum Gasteiger partial charge on any atom is 0.106 e. The maximum atomic E-state index is 9.99. The van der Waals surface area contributed by atoms with Crippen LogP contribution in [-0.2, 0) is 6.54 Å². The van der Waals surface area contributed by atoms with Gasteiger partial charge in [0.25, 0.3) is 0 Å². The summed E-state index contributed by atoms with van der Waals surface area (Å²) < 4.78 is 0.827. The van der Waals surface area contributed by atoms with Crippen molar-refractivity contribution in [2.75, 3.05) is 0 Å². The van der Waals surface area contributed by atoms with E-state index in [0.29, 0.717) is 6.54 Å². The van der Waals surface area contributed by atoms with Crippen LogP contribution < -0.4 is 5.32 Å². The predicted molar refractivity (Wildman–Crippen MR) is 69.2 cm³/mol. The molecule has 0 aromatic carbocycles. The highest BCUT2D eigenvalue weighted by Gasteiger charge is 2.34. The molecule has 1 aromatic rings. The van der Waals surface area contributed by atoms with Gasteiger partial charge < -0.3 is 10.4 Å². The minimum Gasteiger partial charge on any atom is -0.389 e. The molecule has 0 aliphatic carbocycles. The number of aliphatic hydroxyl groups is 1. The number of nitrogens with one attached hydrogen (secondary N) is 1. The summed E-state index contributed by atoms with van der Waals surface area (Å²) in [5.74, 6) is 0. The van der Waals surface area contributed by atoms with Crippen molar-refractivity contribution in [1.29, 1.82) is 0 Å². The molecule has 0 amide bonds. The average molecular weight is 287 g/mol. The summed E-state index contributed by atoms with van der Waals surface area (Å²) in [5.41, 5.74) is -0.192. The van der Waals surface area contributed by atoms with Crippen molar-refractivity contribution in [3.05, 3.63) is 28.5 Å². The van der Waals surface area contributed by atoms with Crippen molar-refractivity contribution >= 4 is 15.9 Å². The van der Waals surface area contributed by atoms with Crippen LogP contribution in [0.1, 0.15) is 33.4 Å². The zero-order chi connectivity index (χ0) is 12.4. The summed E-state index contributed by atoms with van der Waals surface area (Å²) >= 11 is 3.33. The van der Waals surface area contributed by atoms with Crippen LogP contribution in [-0.4, -0.2) is 21.2 Å². The molecule has 1 heterocycles. The Morgan fingerprint density at radius 1 is 1.31 bits per heavy atom. The van der Waals surface area contributed by atoms with Crippen LogP contribution in [0.4, 0.5) is 0 Å². The molecule has 0 radical (unpaired) electrons. The van der Waals surface area contributed by atoms with Crippen LogP contribution in [0.5, 0.6) is 0 Å². The smallest absolute Gasteiger partial charge is 0.106 e. The molecular formula is C12H19BrN2O. The Kier molecular flexibility index (Phi) is 4.10. The Morgan fingerprint density at radius 3 is 2.44 bits per heavy atom. The summed E-state index contributed by atoms with van der Waals surface area (Å²) in [6.45, 7) is 8.19. The minimum atomic E-state index is -0.779. The van der Waals surface area contributed by atoms with Crippen LogP contribution in [0.3, 0.4) is 0 Å². The quantitative estimate of drug-likeness (QED) is 0.836. The molecule has 0 fully saturated rings. The third-order valence-electron chi connectivity index (χ3n) is 3.01. The van der Waals surface area contributed by atoms with Gasteiger partial charge in [-0.15, -0.1) is 0 Å². The summed E-state index contributed by atoms with van der Waals surface area (Å²) in [6, 6.07) is 5.80. The van der Waals surface area contributed by atoms with Crippen molar-refractivity contribution in [3.8, 4) is 0 Å². The van der Waals surface area contributed by atoms with Crippen molar-refractivity contribution in [1.82, 2.24) is 10.3 Å². The fraction of sp³-hybridized carbons (Fsp3) is 0.583. The summed E-state index contributed by atoms with van der Waals surface area (Å²) in [7, 11) is 0. The Balaban J connectivity index is 2.65. The summed E-state index contributed by atoms with van der Waals surface area (Å²) in [6.07, 6.45) is 0. The van der Waals surface area contributed by atoms with E-state index in [1.165, 1.54) is 0 Å². The van der Waals surface area contributed by atoms with Crippen molar-refractivity contribution in [2.45, 2.75) is 45.4 Å². The van der Waals surface area contributed by atoms with Gasteiger partial charge in [0.05, 0.1) is 11.3 Å². The van der Waals surface area contributed by atoms with Crippen LogP contribution in [0.2, 0.25) is 0 Å². The molecule has 2 N–H and O–H groups in total. The highest BCUT2D eigenvalue weighted by atomic mass is 79.9. The van der Waals surface area contributed by atoms with E-state index < -0.39 is 5.60 Å². The number of rotatable bonds is 4. The number of halogens is 1. The Bertz CT molecular complexity index is 358. The molecule has 90 valence electrons. The first-order chi connectivity index (χ1) is 7.22. The van der Waals surface area contributed by atoms with E-state index in [-0.39, 0.29) is 5.54 Å². The molecule has 0 saturated heterocycles. The first-order valence-electron chi connectivity index (χ1n) is 5.31. The molecular weight excluding hydrogens is 268 g/mol. The van der Waals surface area contributed by atoms with Crippen LogP contribution in [0.25, 0.3) is 0 Å². The molecule has 16 heavy (non-hydrogen) atoms. The number of hydrogen-bond acceptors (Lipinski definition) is 3. The van der Waals surface area contributed by atoms with E-state index in [4.69, 9.17) is 0 Å². The van der Waals surface area contributed by atoms with Crippen molar-refractivity contribution < 1.29 is 5.11 Å². The molecule has 0 aliphatic rings. The normalized spacial score (nSPS) is 12.9. The van der Waals surface area contributed by atoms with E-state index in [2.05, 4.69) is 26.2 Å². The number of pyridine rings is 1. The second-order valence-corrected chi connectivity index (χ2v) is 5.80. The lowest BCUT2D eigenvalue weighted by Crippen LogP contribution is -2.55. The molecule has 0 aliphatic heterocycles. The lowest BCUT2D eigenvalue weighted by molar-refractivity contribution is -0.00545. The first kappa shape index (κ1) is 13.6. The molecule has 0 unspecified atom stereocenters. The second kappa shape index (κ2) is 4.82. The van der Waals surface area contributed by atoms with Gasteiger partial charge in [0, 0.05) is 12.1 Å². The average Bonchev–Trinajstić information content (AvgIpc) is 2.13. The molecule has 0 bridgehead atoms. The number of nitrogens with zero attached hydrogens (tertiary/aromatic N) is 1. The van der Waals surface area contributed by atoms with E-state index in [0.717, 1.165) is 10.3 Å². The van der Waals surface area contributed by atoms with Gasteiger partial charge in [0.1, 0.15) is 4.60 Å². The van der Waals surface area contributed by atoms with Gasteiger partial charge in [-0.25, -0.2) is 4.98 Å². The minimum absolute atomic E-state index is 0.364. The van der Waals surface area contributed by atoms with E-state index >= 15 is 0 Å². The molecule has 4 heteroatoms. The Labute approximate surface area is 105 Å². The number of hydrogen-bond donors (Lipinski definition) is 2. The molecule has 0 atom stereocenters. The fourth-order valence-corrected chi connectivity index (χ4v) is 1.46. The van der Waals surface area contributed by atoms with Crippen LogP contribution in [0.15, 0.2) is 22.8 Å². The SMILES string of the molecule is CC(C)(O)C(C)(C)NCc1cccc(Br)n1. The van der Waals surface area contributed by atoms with Gasteiger partial charge in [0.15, 0.2) is 0 Å². The van der Waals surface area contributed by atoms with Gasteiger partial charge in [-0.1, -0.05) is 6.07 Å². The van der Waals surface area contributed by atoms with E-state index in [1.54, 1.807) is 13.8 Å². The second-order valence-electron chi connectivity index (χ2n) is 4.99. The van der Waals surface area contributed by atoms with Crippen molar-refractivity contribution in [3.63, 3.8) is 0 Å². The van der Waals surface area contributed by atoms with Crippen LogP contribution in [0, 0.1) is 0 Å². The maximum absolute atomic E-state index is 9.99. The summed E-state index contributed by atoms with van der Waals surface area (Å²) in [5, 5.41) is 13.3. The third-order valence-corrected chi connectivity index (χ3v) is 3.46. The van der Waals surface area contributed by atoms with E-state index in [9.17, 15) is 5.11 Å². The lowest BCUT2D eigenvalue weighted by Gasteiger charge is -2.38. The zero-order valence-electron chi connectivity index (χ0n) is 10.2. The van der Waals surface area contributed by atoms with Gasteiger partial charge in [-0.3, -0.25) is 0 Å². The van der Waals surface area contributed by atoms with E-state index in [1.807, 2.05) is 32.0 Å². The van der Waals surface area contributed by atoms with Crippen molar-refractivity contribution in [2.24, 2.45) is 0 Å². The predicted octanol–water partition coefficient (Wildman–Crippen LogP) is 2.48. The third kappa shape index (κ3) is 3.54. The highest BCUT2D eigenvalue weighted by Crippen LogP contribution is 2.21. The molecule has 0 saturated carbocycles. The molecule has 3 nitrogen and oxygen atoms in total. The molecule has 1 aromatic heterocycles. The topological polar surface area (TPSA) is 45.1 Å². The highest BCUT2D eigenvalue weighted by molar-refractivity contribution is 9.10.